The maximum absolute atomic E-state index is 13.2. The minimum atomic E-state index is -0.629. The monoisotopic (exact) mass is 227 g/mol. The van der Waals surface area contributed by atoms with Gasteiger partial charge in [-0.1, -0.05) is 12.1 Å². The van der Waals surface area contributed by atoms with E-state index in [2.05, 4.69) is 0 Å². The molecule has 0 bridgehead atoms. The van der Waals surface area contributed by atoms with Gasteiger partial charge in [-0.3, -0.25) is 0 Å². The highest BCUT2D eigenvalue weighted by molar-refractivity contribution is 7.99. The SMILES string of the molecule is Nc1c(F)cccc1C(O)C1CCSC1. The minimum Gasteiger partial charge on any atom is -0.396 e. The van der Waals surface area contributed by atoms with Gasteiger partial charge in [0, 0.05) is 5.56 Å². The number of rotatable bonds is 2. The summed E-state index contributed by atoms with van der Waals surface area (Å²) in [6.07, 6.45) is 0.345. The lowest BCUT2D eigenvalue weighted by molar-refractivity contribution is 0.122. The highest BCUT2D eigenvalue weighted by Gasteiger charge is 2.26. The fourth-order valence-corrected chi connectivity index (χ4v) is 3.16. The van der Waals surface area contributed by atoms with Crippen LogP contribution in [0.1, 0.15) is 18.1 Å². The zero-order valence-corrected chi connectivity index (χ0v) is 9.14. The zero-order valence-electron chi connectivity index (χ0n) is 8.32. The fourth-order valence-electron chi connectivity index (χ4n) is 1.87. The van der Waals surface area contributed by atoms with Crippen molar-refractivity contribution in [1.82, 2.24) is 0 Å². The largest absolute Gasteiger partial charge is 0.396 e. The van der Waals surface area contributed by atoms with Crippen LogP contribution in [0.2, 0.25) is 0 Å². The third kappa shape index (κ3) is 2.11. The van der Waals surface area contributed by atoms with Crippen molar-refractivity contribution in [3.8, 4) is 0 Å². The first-order valence-corrected chi connectivity index (χ1v) is 6.15. The van der Waals surface area contributed by atoms with E-state index in [1.165, 1.54) is 6.07 Å². The number of aliphatic hydroxyl groups excluding tert-OH is 1. The number of anilines is 1. The first kappa shape index (κ1) is 10.8. The second kappa shape index (κ2) is 4.41. The third-order valence-electron chi connectivity index (χ3n) is 2.82. The van der Waals surface area contributed by atoms with Crippen LogP contribution in [-0.2, 0) is 0 Å². The molecule has 0 saturated carbocycles. The average molecular weight is 227 g/mol. The van der Waals surface area contributed by atoms with Crippen LogP contribution in [0.15, 0.2) is 18.2 Å². The summed E-state index contributed by atoms with van der Waals surface area (Å²) in [5.74, 6) is 1.75. The lowest BCUT2D eigenvalue weighted by atomic mass is 9.94. The second-order valence-electron chi connectivity index (χ2n) is 3.81. The van der Waals surface area contributed by atoms with Gasteiger partial charge in [0.15, 0.2) is 0 Å². The molecule has 2 nitrogen and oxygen atoms in total. The number of aliphatic hydroxyl groups is 1. The summed E-state index contributed by atoms with van der Waals surface area (Å²) < 4.78 is 13.2. The van der Waals surface area contributed by atoms with Crippen LogP contribution < -0.4 is 5.73 Å². The predicted molar refractivity (Wildman–Crippen MR) is 61.2 cm³/mol. The molecule has 0 aromatic heterocycles. The number of halogens is 1. The summed E-state index contributed by atoms with van der Waals surface area (Å²) in [5, 5.41) is 10.1. The van der Waals surface area contributed by atoms with Gasteiger partial charge in [0.05, 0.1) is 11.8 Å². The highest BCUT2D eigenvalue weighted by atomic mass is 32.2. The Balaban J connectivity index is 2.24. The smallest absolute Gasteiger partial charge is 0.146 e. The first-order chi connectivity index (χ1) is 7.20. The number of nitrogens with two attached hydrogens (primary N) is 1. The zero-order chi connectivity index (χ0) is 10.8. The molecule has 1 aliphatic rings. The molecule has 1 saturated heterocycles. The molecular formula is C11H14FNOS. The molecule has 2 atom stereocenters. The molecule has 4 heteroatoms. The van der Waals surface area contributed by atoms with Gasteiger partial charge in [-0.25, -0.2) is 4.39 Å². The van der Waals surface area contributed by atoms with Crippen molar-refractivity contribution in [2.24, 2.45) is 5.92 Å². The Kier molecular flexibility index (Phi) is 3.17. The van der Waals surface area contributed by atoms with Gasteiger partial charge in [-0.2, -0.15) is 11.8 Å². The Labute approximate surface area is 92.7 Å². The van der Waals surface area contributed by atoms with Crippen LogP contribution in [0.4, 0.5) is 10.1 Å². The number of para-hydroxylation sites is 1. The lowest BCUT2D eigenvalue weighted by Gasteiger charge is -2.19. The standard InChI is InChI=1S/C11H14FNOS/c12-9-3-1-2-8(10(9)13)11(14)7-4-5-15-6-7/h1-3,7,11,14H,4-6,13H2. The topological polar surface area (TPSA) is 46.2 Å². The van der Waals surface area contributed by atoms with Crippen LogP contribution >= 0.6 is 11.8 Å². The molecule has 1 aliphatic heterocycles. The average Bonchev–Trinajstić information content (AvgIpc) is 2.74. The van der Waals surface area contributed by atoms with E-state index < -0.39 is 11.9 Å². The number of hydrogen-bond acceptors (Lipinski definition) is 3. The number of hydrogen-bond donors (Lipinski definition) is 2. The van der Waals surface area contributed by atoms with E-state index in [1.54, 1.807) is 12.1 Å². The summed E-state index contributed by atoms with van der Waals surface area (Å²) in [4.78, 5) is 0. The normalized spacial score (nSPS) is 22.9. The van der Waals surface area contributed by atoms with E-state index in [4.69, 9.17) is 5.73 Å². The van der Waals surface area contributed by atoms with Crippen molar-refractivity contribution in [2.45, 2.75) is 12.5 Å². The summed E-state index contributed by atoms with van der Waals surface area (Å²) in [7, 11) is 0. The summed E-state index contributed by atoms with van der Waals surface area (Å²) >= 11 is 1.82. The van der Waals surface area contributed by atoms with Crippen molar-refractivity contribution < 1.29 is 9.50 Å². The molecular weight excluding hydrogens is 213 g/mol. The molecule has 1 aromatic carbocycles. The van der Waals surface area contributed by atoms with E-state index in [0.717, 1.165) is 17.9 Å². The van der Waals surface area contributed by atoms with Gasteiger partial charge < -0.3 is 10.8 Å². The summed E-state index contributed by atoms with van der Waals surface area (Å²) in [5.41, 5.74) is 6.22. The van der Waals surface area contributed by atoms with Crippen molar-refractivity contribution in [3.05, 3.63) is 29.6 Å². The van der Waals surface area contributed by atoms with Crippen molar-refractivity contribution >= 4 is 17.4 Å². The van der Waals surface area contributed by atoms with E-state index in [9.17, 15) is 9.50 Å². The summed E-state index contributed by atoms with van der Waals surface area (Å²) in [6.45, 7) is 0. The van der Waals surface area contributed by atoms with E-state index in [0.29, 0.717) is 5.56 Å². The van der Waals surface area contributed by atoms with Crippen LogP contribution in [-0.4, -0.2) is 16.6 Å². The maximum Gasteiger partial charge on any atom is 0.146 e. The minimum absolute atomic E-state index is 0.0851. The van der Waals surface area contributed by atoms with Gasteiger partial charge in [0.2, 0.25) is 0 Å². The van der Waals surface area contributed by atoms with Gasteiger partial charge in [-0.05, 0) is 29.9 Å². The van der Waals surface area contributed by atoms with Crippen molar-refractivity contribution in [3.63, 3.8) is 0 Å². The molecule has 2 unspecified atom stereocenters. The van der Waals surface area contributed by atoms with Crippen LogP contribution in [0.25, 0.3) is 0 Å². The van der Waals surface area contributed by atoms with Crippen LogP contribution in [0.5, 0.6) is 0 Å². The molecule has 82 valence electrons. The molecule has 3 N–H and O–H groups in total. The van der Waals surface area contributed by atoms with Crippen LogP contribution in [0, 0.1) is 11.7 Å². The Hall–Kier alpha value is -0.740. The van der Waals surface area contributed by atoms with E-state index in [1.807, 2.05) is 11.8 Å². The van der Waals surface area contributed by atoms with Crippen molar-refractivity contribution in [1.29, 1.82) is 0 Å². The molecule has 0 aliphatic carbocycles. The van der Waals surface area contributed by atoms with Gasteiger partial charge in [-0.15, -0.1) is 0 Å². The molecule has 0 radical (unpaired) electrons. The van der Waals surface area contributed by atoms with E-state index >= 15 is 0 Å². The lowest BCUT2D eigenvalue weighted by Crippen LogP contribution is -2.14. The number of nitrogen functional groups attached to an aromatic ring is 1. The summed E-state index contributed by atoms with van der Waals surface area (Å²) in [6, 6.07) is 4.60. The molecule has 0 amide bonds. The molecule has 1 heterocycles. The molecule has 1 aromatic rings. The fraction of sp³-hybridized carbons (Fsp3) is 0.455. The first-order valence-electron chi connectivity index (χ1n) is 5.00. The molecule has 1 fully saturated rings. The van der Waals surface area contributed by atoms with E-state index in [-0.39, 0.29) is 11.6 Å². The Bertz CT molecular complexity index is 352. The molecule has 0 spiro atoms. The van der Waals surface area contributed by atoms with Gasteiger partial charge in [0.25, 0.3) is 0 Å². The number of thioether (sulfide) groups is 1. The van der Waals surface area contributed by atoms with Crippen LogP contribution in [0.3, 0.4) is 0 Å². The quantitative estimate of drug-likeness (QED) is 0.761. The van der Waals surface area contributed by atoms with Gasteiger partial charge in [0.1, 0.15) is 5.82 Å². The Morgan fingerprint density at radius 1 is 1.53 bits per heavy atom. The second-order valence-corrected chi connectivity index (χ2v) is 4.96. The number of benzene rings is 1. The highest BCUT2D eigenvalue weighted by Crippen LogP contribution is 2.36. The van der Waals surface area contributed by atoms with Gasteiger partial charge >= 0.3 is 0 Å². The predicted octanol–water partition coefficient (Wildman–Crippen LogP) is 2.19. The third-order valence-corrected chi connectivity index (χ3v) is 4.00. The Morgan fingerprint density at radius 3 is 3.00 bits per heavy atom. The molecule has 15 heavy (non-hydrogen) atoms. The Morgan fingerprint density at radius 2 is 2.33 bits per heavy atom. The molecule has 2 rings (SSSR count). The maximum atomic E-state index is 13.2. The van der Waals surface area contributed by atoms with Crippen molar-refractivity contribution in [2.75, 3.05) is 17.2 Å².